The molecule has 2 aliphatic rings. The lowest BCUT2D eigenvalue weighted by molar-refractivity contribution is 0.0766. The molecule has 2 heterocycles. The molecule has 2 fully saturated rings. The molecule has 1 aromatic carbocycles. The maximum atomic E-state index is 12.4. The zero-order valence-corrected chi connectivity index (χ0v) is 16.2. The number of aromatic nitrogens is 2. The van der Waals surface area contributed by atoms with Crippen molar-refractivity contribution in [1.29, 1.82) is 0 Å². The van der Waals surface area contributed by atoms with E-state index in [-0.39, 0.29) is 12.0 Å². The Bertz CT molecular complexity index is 769. The van der Waals surface area contributed by atoms with Gasteiger partial charge in [0.15, 0.2) is 0 Å². The van der Waals surface area contributed by atoms with Crippen LogP contribution >= 0.6 is 0 Å². The summed E-state index contributed by atoms with van der Waals surface area (Å²) in [6.45, 7) is 2.62. The van der Waals surface area contributed by atoms with Gasteiger partial charge in [0.05, 0.1) is 12.2 Å². The summed E-state index contributed by atoms with van der Waals surface area (Å²) in [6, 6.07) is 10.0. The molecule has 6 nitrogen and oxygen atoms in total. The number of ether oxygens (including phenoxy) is 1. The number of nitrogens with one attached hydrogen (secondary N) is 1. The van der Waals surface area contributed by atoms with Crippen LogP contribution in [-0.2, 0) is 6.54 Å². The number of benzene rings is 1. The first kappa shape index (κ1) is 18.9. The Morgan fingerprint density at radius 2 is 1.96 bits per heavy atom. The number of likely N-dealkylation sites (tertiary alicyclic amines) is 1. The van der Waals surface area contributed by atoms with Crippen molar-refractivity contribution in [2.75, 3.05) is 13.1 Å². The summed E-state index contributed by atoms with van der Waals surface area (Å²) in [6.07, 6.45) is 11.0. The summed E-state index contributed by atoms with van der Waals surface area (Å²) in [4.78, 5) is 23.1. The fourth-order valence-corrected chi connectivity index (χ4v) is 4.23. The Balaban J connectivity index is 1.28. The molecule has 0 radical (unpaired) electrons. The van der Waals surface area contributed by atoms with Crippen LogP contribution in [0.5, 0.6) is 5.75 Å². The number of carbonyl (C=O) groups is 1. The fraction of sp³-hybridized carbons (Fsp3) is 0.500. The third-order valence-electron chi connectivity index (χ3n) is 5.79. The third-order valence-corrected chi connectivity index (χ3v) is 5.79. The van der Waals surface area contributed by atoms with Gasteiger partial charge in [-0.2, -0.15) is 0 Å². The zero-order valence-electron chi connectivity index (χ0n) is 16.2. The van der Waals surface area contributed by atoms with Gasteiger partial charge in [0.2, 0.25) is 0 Å². The predicted molar refractivity (Wildman–Crippen MR) is 107 cm³/mol. The molecule has 1 aliphatic carbocycles. The molecule has 0 spiro atoms. The third kappa shape index (κ3) is 4.87. The molecule has 1 N–H and O–H groups in total. The van der Waals surface area contributed by atoms with E-state index >= 15 is 0 Å². The van der Waals surface area contributed by atoms with E-state index in [4.69, 9.17) is 4.74 Å². The number of hydrogen-bond donors (Lipinski definition) is 1. The maximum Gasteiger partial charge on any atom is 0.251 e. The first-order chi connectivity index (χ1) is 13.8. The Kier molecular flexibility index (Phi) is 6.17. The van der Waals surface area contributed by atoms with Crippen LogP contribution in [-0.4, -0.2) is 46.0 Å². The van der Waals surface area contributed by atoms with E-state index < -0.39 is 0 Å². The van der Waals surface area contributed by atoms with Gasteiger partial charge in [0, 0.05) is 30.9 Å². The van der Waals surface area contributed by atoms with E-state index in [9.17, 15) is 4.79 Å². The van der Waals surface area contributed by atoms with E-state index in [1.807, 2.05) is 24.3 Å². The van der Waals surface area contributed by atoms with Gasteiger partial charge < -0.3 is 15.0 Å². The molecule has 28 heavy (non-hydrogen) atoms. The van der Waals surface area contributed by atoms with Gasteiger partial charge in [-0.25, -0.2) is 9.97 Å². The largest absolute Gasteiger partial charge is 0.490 e. The smallest absolute Gasteiger partial charge is 0.251 e. The summed E-state index contributed by atoms with van der Waals surface area (Å²) in [7, 11) is 0. The number of nitrogens with zero attached hydrogens (tertiary/aromatic N) is 3. The maximum absolute atomic E-state index is 12.4. The summed E-state index contributed by atoms with van der Waals surface area (Å²) in [5, 5.41) is 2.89. The molecule has 1 amide bonds. The second kappa shape index (κ2) is 9.15. The van der Waals surface area contributed by atoms with Gasteiger partial charge in [-0.3, -0.25) is 4.79 Å². The predicted octanol–water partition coefficient (Wildman–Crippen LogP) is 3.19. The highest BCUT2D eigenvalue weighted by Gasteiger charge is 2.27. The first-order valence-electron chi connectivity index (χ1n) is 10.3. The van der Waals surface area contributed by atoms with Crippen molar-refractivity contribution in [2.45, 2.75) is 57.2 Å². The number of rotatable bonds is 6. The summed E-state index contributed by atoms with van der Waals surface area (Å²) in [5.74, 6) is 0.647. The summed E-state index contributed by atoms with van der Waals surface area (Å²) < 4.78 is 6.19. The van der Waals surface area contributed by atoms with E-state index in [1.54, 1.807) is 12.3 Å². The van der Waals surface area contributed by atoms with Crippen LogP contribution in [0.1, 0.15) is 54.6 Å². The Morgan fingerprint density at radius 3 is 2.71 bits per heavy atom. The highest BCUT2D eigenvalue weighted by atomic mass is 16.5. The minimum absolute atomic E-state index is 0.125. The standard InChI is InChI=1S/C22H28N4O2/c27-22(24-15-18-8-11-23-16-25-18)17-4-3-7-21(14-17)28-20-9-12-26(13-10-20)19-5-1-2-6-19/h3-4,7-8,11,14,16,19-20H,1-2,5-6,9-10,12-13,15H2,(H,24,27). The number of carbonyl (C=O) groups excluding carboxylic acids is 1. The average Bonchev–Trinajstić information content (AvgIpc) is 3.28. The molecule has 1 aromatic heterocycles. The van der Waals surface area contributed by atoms with Crippen LogP contribution in [0.25, 0.3) is 0 Å². The molecule has 6 heteroatoms. The van der Waals surface area contributed by atoms with Crippen molar-refractivity contribution in [3.63, 3.8) is 0 Å². The highest BCUT2D eigenvalue weighted by molar-refractivity contribution is 5.94. The minimum atomic E-state index is -0.125. The van der Waals surface area contributed by atoms with Crippen molar-refractivity contribution in [3.8, 4) is 5.75 Å². The van der Waals surface area contributed by atoms with Gasteiger partial charge in [0.25, 0.3) is 5.91 Å². The normalized spacial score (nSPS) is 18.9. The molecular weight excluding hydrogens is 352 g/mol. The van der Waals surface area contributed by atoms with Gasteiger partial charge in [-0.15, -0.1) is 0 Å². The Morgan fingerprint density at radius 1 is 1.14 bits per heavy atom. The van der Waals surface area contributed by atoms with Gasteiger partial charge in [0.1, 0.15) is 18.2 Å². The van der Waals surface area contributed by atoms with Gasteiger partial charge in [-0.1, -0.05) is 18.9 Å². The molecule has 4 rings (SSSR count). The number of piperidine rings is 1. The van der Waals surface area contributed by atoms with E-state index in [2.05, 4.69) is 20.2 Å². The van der Waals surface area contributed by atoms with Crippen LogP contribution in [0.3, 0.4) is 0 Å². The Labute approximate surface area is 166 Å². The van der Waals surface area contributed by atoms with Crippen LogP contribution in [0, 0.1) is 0 Å². The van der Waals surface area contributed by atoms with E-state index in [1.165, 1.54) is 32.0 Å². The van der Waals surface area contributed by atoms with Crippen LogP contribution in [0.4, 0.5) is 0 Å². The molecule has 2 aromatic rings. The van der Waals surface area contributed by atoms with Crippen molar-refractivity contribution >= 4 is 5.91 Å². The molecule has 1 saturated carbocycles. The van der Waals surface area contributed by atoms with E-state index in [0.29, 0.717) is 12.1 Å². The number of amides is 1. The van der Waals surface area contributed by atoms with E-state index in [0.717, 1.165) is 43.4 Å². The lowest BCUT2D eigenvalue weighted by Gasteiger charge is -2.36. The summed E-state index contributed by atoms with van der Waals surface area (Å²) in [5.41, 5.74) is 1.39. The topological polar surface area (TPSA) is 67.3 Å². The molecule has 1 saturated heterocycles. The zero-order chi connectivity index (χ0) is 19.2. The van der Waals surface area contributed by atoms with Crippen molar-refractivity contribution in [3.05, 3.63) is 54.1 Å². The highest BCUT2D eigenvalue weighted by Crippen LogP contribution is 2.27. The molecule has 0 atom stereocenters. The monoisotopic (exact) mass is 380 g/mol. The van der Waals surface area contributed by atoms with Crippen LogP contribution in [0.2, 0.25) is 0 Å². The first-order valence-corrected chi connectivity index (χ1v) is 10.3. The quantitative estimate of drug-likeness (QED) is 0.834. The second-order valence-corrected chi connectivity index (χ2v) is 7.70. The molecular formula is C22H28N4O2. The van der Waals surface area contributed by atoms with Gasteiger partial charge >= 0.3 is 0 Å². The lowest BCUT2D eigenvalue weighted by Crippen LogP contribution is -2.43. The van der Waals surface area contributed by atoms with Crippen molar-refractivity contribution in [1.82, 2.24) is 20.2 Å². The van der Waals surface area contributed by atoms with Crippen LogP contribution < -0.4 is 10.1 Å². The minimum Gasteiger partial charge on any atom is -0.490 e. The molecule has 0 unspecified atom stereocenters. The van der Waals surface area contributed by atoms with Gasteiger partial charge in [-0.05, 0) is 49.9 Å². The average molecular weight is 380 g/mol. The fourth-order valence-electron chi connectivity index (χ4n) is 4.23. The molecule has 0 bridgehead atoms. The molecule has 1 aliphatic heterocycles. The SMILES string of the molecule is O=C(NCc1ccncn1)c1cccc(OC2CCN(C3CCCC3)CC2)c1. The van der Waals surface area contributed by atoms with Crippen molar-refractivity contribution < 1.29 is 9.53 Å². The summed E-state index contributed by atoms with van der Waals surface area (Å²) >= 11 is 0. The Hall–Kier alpha value is -2.47. The number of hydrogen-bond acceptors (Lipinski definition) is 5. The molecule has 148 valence electrons. The van der Waals surface area contributed by atoms with Crippen LogP contribution in [0.15, 0.2) is 42.9 Å². The second-order valence-electron chi connectivity index (χ2n) is 7.70. The van der Waals surface area contributed by atoms with Crippen molar-refractivity contribution in [2.24, 2.45) is 0 Å². The lowest BCUT2D eigenvalue weighted by atomic mass is 10.0.